The molecular formula is C7H10. The molecule has 3 unspecified atom stereocenters. The first-order valence-electron chi connectivity index (χ1n) is 3.28. The second-order valence-electron chi connectivity index (χ2n) is 3.78. The van der Waals surface area contributed by atoms with E-state index in [9.17, 15) is 0 Å². The monoisotopic (exact) mass is 94.1 g/mol. The molecule has 0 spiro atoms. The second kappa shape index (κ2) is 0.463. The zero-order valence-corrected chi connectivity index (χ0v) is 4.81. The molecule has 0 aromatic rings. The topological polar surface area (TPSA) is 0 Å². The lowest BCUT2D eigenvalue weighted by molar-refractivity contribution is 0.0344. The van der Waals surface area contributed by atoms with Gasteiger partial charge in [0.2, 0.25) is 0 Å². The number of hydrogen-bond acceptors (Lipinski definition) is 0. The van der Waals surface area contributed by atoms with Gasteiger partial charge in [0.1, 0.15) is 0 Å². The Morgan fingerprint density at radius 3 is 1.86 bits per heavy atom. The first-order valence-corrected chi connectivity index (χ1v) is 3.28. The minimum atomic E-state index is 0.907. The molecule has 0 heterocycles. The highest BCUT2D eigenvalue weighted by Crippen LogP contribution is 2.98. The molecule has 0 amide bonds. The van der Waals surface area contributed by atoms with Crippen LogP contribution in [-0.2, 0) is 0 Å². The highest BCUT2D eigenvalue weighted by molar-refractivity contribution is 5.41. The minimum Gasteiger partial charge on any atom is -0.0617 e. The fourth-order valence-corrected chi connectivity index (χ4v) is 3.05. The molecule has 4 saturated carbocycles. The van der Waals surface area contributed by atoms with Crippen LogP contribution in [0.3, 0.4) is 0 Å². The van der Waals surface area contributed by atoms with Gasteiger partial charge in [-0.2, -0.15) is 0 Å². The maximum absolute atomic E-state index is 2.45. The molecular weight excluding hydrogens is 84.1 g/mol. The predicted molar refractivity (Wildman–Crippen MR) is 27.7 cm³/mol. The van der Waals surface area contributed by atoms with Crippen LogP contribution in [0.5, 0.6) is 0 Å². The van der Waals surface area contributed by atoms with Gasteiger partial charge in [-0.05, 0) is 29.1 Å². The van der Waals surface area contributed by atoms with Gasteiger partial charge >= 0.3 is 0 Å². The van der Waals surface area contributed by atoms with Crippen LogP contribution in [-0.4, -0.2) is 0 Å². The molecule has 2 bridgehead atoms. The van der Waals surface area contributed by atoms with Crippen LogP contribution in [0.25, 0.3) is 0 Å². The molecule has 0 aromatic heterocycles. The Hall–Kier alpha value is 0. The van der Waals surface area contributed by atoms with Gasteiger partial charge in [0.05, 0.1) is 0 Å². The zero-order chi connectivity index (χ0) is 4.81. The van der Waals surface area contributed by atoms with Crippen molar-refractivity contribution >= 4 is 0 Å². The summed E-state index contributed by atoms with van der Waals surface area (Å²) in [6.07, 6.45) is 0. The van der Waals surface area contributed by atoms with Crippen LogP contribution in [0.2, 0.25) is 0 Å². The standard InChI is InChI=1S/C7H10/c1-3-4-5-6(4)7(3,5)2/h3-6H,1-2H3. The smallest absolute Gasteiger partial charge is 0.0229 e. The molecule has 4 rings (SSSR count). The molecule has 4 fully saturated rings. The van der Waals surface area contributed by atoms with Crippen molar-refractivity contribution in [3.63, 3.8) is 0 Å². The zero-order valence-electron chi connectivity index (χ0n) is 4.81. The van der Waals surface area contributed by atoms with Crippen molar-refractivity contribution in [3.05, 3.63) is 0 Å². The van der Waals surface area contributed by atoms with Gasteiger partial charge in [-0.15, -0.1) is 0 Å². The largest absolute Gasteiger partial charge is 0.0617 e. The summed E-state index contributed by atoms with van der Waals surface area (Å²) in [4.78, 5) is 0. The van der Waals surface area contributed by atoms with E-state index in [1.165, 1.54) is 17.8 Å². The van der Waals surface area contributed by atoms with Crippen molar-refractivity contribution in [1.82, 2.24) is 0 Å². The molecule has 0 aliphatic heterocycles. The third-order valence-electron chi connectivity index (χ3n) is 3.96. The Morgan fingerprint density at radius 2 is 1.86 bits per heavy atom. The summed E-state index contributed by atoms with van der Waals surface area (Å²) >= 11 is 0. The molecule has 0 N–H and O–H groups in total. The fraction of sp³-hybridized carbons (Fsp3) is 1.00. The third kappa shape index (κ3) is 0.107. The summed E-state index contributed by atoms with van der Waals surface area (Å²) in [5.41, 5.74) is 0.907. The summed E-state index contributed by atoms with van der Waals surface area (Å²) < 4.78 is 0. The van der Waals surface area contributed by atoms with Crippen molar-refractivity contribution in [2.24, 2.45) is 29.1 Å². The molecule has 7 heavy (non-hydrogen) atoms. The molecule has 3 atom stereocenters. The summed E-state index contributed by atoms with van der Waals surface area (Å²) in [6, 6.07) is 0. The van der Waals surface area contributed by atoms with E-state index in [-0.39, 0.29) is 0 Å². The summed E-state index contributed by atoms with van der Waals surface area (Å²) in [7, 11) is 0. The Labute approximate surface area is 43.9 Å². The average molecular weight is 94.2 g/mol. The molecule has 38 valence electrons. The van der Waals surface area contributed by atoms with Gasteiger partial charge in [0.25, 0.3) is 0 Å². The van der Waals surface area contributed by atoms with Crippen LogP contribution in [0.1, 0.15) is 13.8 Å². The van der Waals surface area contributed by atoms with E-state index in [1.54, 1.807) is 0 Å². The normalized spacial score (nSPS) is 90.0. The molecule has 4 aliphatic carbocycles. The Kier molecular flexibility index (Phi) is 0.206. The van der Waals surface area contributed by atoms with Crippen LogP contribution >= 0.6 is 0 Å². The number of hydrogen-bond donors (Lipinski definition) is 0. The van der Waals surface area contributed by atoms with Gasteiger partial charge in [-0.25, -0.2) is 0 Å². The quantitative estimate of drug-likeness (QED) is 0.427. The summed E-state index contributed by atoms with van der Waals surface area (Å²) in [5, 5.41) is 0. The maximum atomic E-state index is 2.45. The minimum absolute atomic E-state index is 0.907. The first-order chi connectivity index (χ1) is 3.28. The van der Waals surface area contributed by atoms with Gasteiger partial charge in [-0.3, -0.25) is 0 Å². The van der Waals surface area contributed by atoms with Crippen LogP contribution in [0, 0.1) is 29.1 Å². The molecule has 0 nitrogen and oxygen atoms in total. The molecule has 0 heteroatoms. The predicted octanol–water partition coefficient (Wildman–Crippen LogP) is 1.52. The second-order valence-corrected chi connectivity index (χ2v) is 3.78. The first kappa shape index (κ1) is 3.11. The van der Waals surface area contributed by atoms with Crippen molar-refractivity contribution in [3.8, 4) is 0 Å². The Bertz CT molecular complexity index is 131. The van der Waals surface area contributed by atoms with Gasteiger partial charge < -0.3 is 0 Å². The molecule has 4 aliphatic rings. The van der Waals surface area contributed by atoms with E-state index in [1.807, 2.05) is 0 Å². The molecule has 0 aromatic carbocycles. The van der Waals surface area contributed by atoms with Gasteiger partial charge in [0, 0.05) is 0 Å². The molecule has 0 radical (unpaired) electrons. The van der Waals surface area contributed by atoms with Gasteiger partial charge in [0.15, 0.2) is 0 Å². The van der Waals surface area contributed by atoms with Crippen molar-refractivity contribution in [1.29, 1.82) is 0 Å². The lowest BCUT2D eigenvalue weighted by Gasteiger charge is -2.44. The van der Waals surface area contributed by atoms with E-state index >= 15 is 0 Å². The van der Waals surface area contributed by atoms with Gasteiger partial charge in [-0.1, -0.05) is 13.8 Å². The fourth-order valence-electron chi connectivity index (χ4n) is 3.05. The highest BCUT2D eigenvalue weighted by atomic mass is 15.0. The van der Waals surface area contributed by atoms with Crippen molar-refractivity contribution in [2.45, 2.75) is 13.8 Å². The maximum Gasteiger partial charge on any atom is -0.0229 e. The van der Waals surface area contributed by atoms with Crippen LogP contribution in [0.4, 0.5) is 0 Å². The van der Waals surface area contributed by atoms with Crippen LogP contribution in [0.15, 0.2) is 0 Å². The van der Waals surface area contributed by atoms with E-state index in [4.69, 9.17) is 0 Å². The molecule has 0 saturated heterocycles. The summed E-state index contributed by atoms with van der Waals surface area (Å²) in [5.74, 6) is 4.82. The van der Waals surface area contributed by atoms with E-state index in [0.29, 0.717) is 0 Å². The van der Waals surface area contributed by atoms with Crippen molar-refractivity contribution < 1.29 is 0 Å². The van der Waals surface area contributed by atoms with E-state index in [0.717, 1.165) is 11.3 Å². The Balaban J connectivity index is 2.10. The third-order valence-corrected chi connectivity index (χ3v) is 3.96. The van der Waals surface area contributed by atoms with E-state index < -0.39 is 0 Å². The highest BCUT2D eigenvalue weighted by Gasteiger charge is 2.94. The Morgan fingerprint density at radius 1 is 1.29 bits per heavy atom. The lowest BCUT2D eigenvalue weighted by Crippen LogP contribution is -2.39. The lowest BCUT2D eigenvalue weighted by atomic mass is 9.61. The van der Waals surface area contributed by atoms with Crippen LogP contribution < -0.4 is 0 Å². The number of rotatable bonds is 0. The average Bonchev–Trinajstić information content (AvgIpc) is 2.48. The SMILES string of the molecule is CC1C2C3C2C13C. The summed E-state index contributed by atoms with van der Waals surface area (Å²) in [6.45, 7) is 4.86. The van der Waals surface area contributed by atoms with E-state index in [2.05, 4.69) is 13.8 Å². The van der Waals surface area contributed by atoms with Crippen molar-refractivity contribution in [2.75, 3.05) is 0 Å².